The second kappa shape index (κ2) is 7.27. The Morgan fingerprint density at radius 3 is 2.55 bits per heavy atom. The van der Waals surface area contributed by atoms with E-state index in [1.54, 1.807) is 0 Å². The standard InChI is InChI=1S/C14H18Br2O3S/c15-9-11(12-6-8-20(17,18)10-12)5-7-19-14-3-1-13(16)2-4-14/h1-4,11-12H,5-10H2. The highest BCUT2D eigenvalue weighted by Crippen LogP contribution is 2.29. The lowest BCUT2D eigenvalue weighted by Crippen LogP contribution is -2.20. The summed E-state index contributed by atoms with van der Waals surface area (Å²) >= 11 is 6.89. The van der Waals surface area contributed by atoms with Crippen molar-refractivity contribution in [3.63, 3.8) is 0 Å². The molecule has 6 heteroatoms. The first-order chi connectivity index (χ1) is 9.50. The average Bonchev–Trinajstić information content (AvgIpc) is 2.77. The van der Waals surface area contributed by atoms with Crippen molar-refractivity contribution in [2.45, 2.75) is 12.8 Å². The van der Waals surface area contributed by atoms with Crippen molar-refractivity contribution in [3.8, 4) is 5.75 Å². The molecule has 20 heavy (non-hydrogen) atoms. The van der Waals surface area contributed by atoms with Gasteiger partial charge in [0.05, 0.1) is 18.1 Å². The predicted molar refractivity (Wildman–Crippen MR) is 88.3 cm³/mol. The summed E-state index contributed by atoms with van der Waals surface area (Å²) < 4.78 is 29.8. The van der Waals surface area contributed by atoms with Crippen molar-refractivity contribution >= 4 is 41.7 Å². The van der Waals surface area contributed by atoms with E-state index in [4.69, 9.17) is 4.74 Å². The molecule has 3 nitrogen and oxygen atoms in total. The predicted octanol–water partition coefficient (Wildman–Crippen LogP) is 3.66. The molecule has 1 fully saturated rings. The Balaban J connectivity index is 1.81. The fourth-order valence-corrected chi connectivity index (χ4v) is 5.53. The Morgan fingerprint density at radius 2 is 2.00 bits per heavy atom. The molecular formula is C14H18Br2O3S. The van der Waals surface area contributed by atoms with Crippen LogP contribution in [0.15, 0.2) is 28.7 Å². The van der Waals surface area contributed by atoms with Crippen molar-refractivity contribution in [1.82, 2.24) is 0 Å². The van der Waals surface area contributed by atoms with E-state index in [2.05, 4.69) is 31.9 Å². The van der Waals surface area contributed by atoms with Crippen molar-refractivity contribution in [3.05, 3.63) is 28.7 Å². The summed E-state index contributed by atoms with van der Waals surface area (Å²) in [5, 5.41) is 0.830. The van der Waals surface area contributed by atoms with Gasteiger partial charge in [-0.2, -0.15) is 0 Å². The molecule has 0 spiro atoms. The smallest absolute Gasteiger partial charge is 0.150 e. The summed E-state index contributed by atoms with van der Waals surface area (Å²) in [5.41, 5.74) is 0. The molecule has 112 valence electrons. The summed E-state index contributed by atoms with van der Waals surface area (Å²) in [7, 11) is -2.80. The van der Waals surface area contributed by atoms with Gasteiger partial charge in [0.2, 0.25) is 0 Å². The van der Waals surface area contributed by atoms with Crippen LogP contribution in [0.2, 0.25) is 0 Å². The molecule has 1 heterocycles. The SMILES string of the molecule is O=S1(=O)CCC(C(CBr)CCOc2ccc(Br)cc2)C1. The highest BCUT2D eigenvalue weighted by molar-refractivity contribution is 9.10. The van der Waals surface area contributed by atoms with Crippen LogP contribution in [0.4, 0.5) is 0 Å². The first-order valence-corrected chi connectivity index (χ1v) is 10.4. The van der Waals surface area contributed by atoms with Crippen LogP contribution in [0, 0.1) is 11.8 Å². The number of rotatable bonds is 6. The second-order valence-electron chi connectivity index (χ2n) is 5.17. The molecule has 1 aromatic carbocycles. The molecule has 1 aromatic rings. The Labute approximate surface area is 137 Å². The maximum absolute atomic E-state index is 11.5. The summed E-state index contributed by atoms with van der Waals surface area (Å²) in [5.74, 6) is 2.16. The monoisotopic (exact) mass is 424 g/mol. The van der Waals surface area contributed by atoms with Crippen LogP contribution >= 0.6 is 31.9 Å². The van der Waals surface area contributed by atoms with E-state index in [-0.39, 0.29) is 5.92 Å². The van der Waals surface area contributed by atoms with Crippen LogP contribution in [0.3, 0.4) is 0 Å². The minimum absolute atomic E-state index is 0.271. The van der Waals surface area contributed by atoms with Crippen LogP contribution in [0.1, 0.15) is 12.8 Å². The highest BCUT2D eigenvalue weighted by Gasteiger charge is 2.32. The number of alkyl halides is 1. The van der Waals surface area contributed by atoms with Gasteiger partial charge >= 0.3 is 0 Å². The molecule has 0 radical (unpaired) electrons. The van der Waals surface area contributed by atoms with Gasteiger partial charge in [-0.25, -0.2) is 8.42 Å². The Kier molecular flexibility index (Phi) is 5.93. The van der Waals surface area contributed by atoms with Crippen molar-refractivity contribution < 1.29 is 13.2 Å². The first-order valence-electron chi connectivity index (χ1n) is 6.65. The van der Waals surface area contributed by atoms with Gasteiger partial charge in [0.25, 0.3) is 0 Å². The van der Waals surface area contributed by atoms with Gasteiger partial charge in [0, 0.05) is 9.80 Å². The van der Waals surface area contributed by atoms with E-state index in [1.807, 2.05) is 24.3 Å². The van der Waals surface area contributed by atoms with Crippen molar-refractivity contribution in [2.75, 3.05) is 23.4 Å². The van der Waals surface area contributed by atoms with E-state index in [1.165, 1.54) is 0 Å². The van der Waals surface area contributed by atoms with Gasteiger partial charge in [-0.05, 0) is 48.9 Å². The number of hydrogen-bond acceptors (Lipinski definition) is 3. The number of hydrogen-bond donors (Lipinski definition) is 0. The molecule has 0 saturated carbocycles. The number of benzene rings is 1. The first kappa shape index (κ1) is 16.3. The zero-order valence-corrected chi connectivity index (χ0v) is 15.1. The fraction of sp³-hybridized carbons (Fsp3) is 0.571. The van der Waals surface area contributed by atoms with Crippen LogP contribution in [-0.4, -0.2) is 31.9 Å². The third kappa shape index (κ3) is 4.74. The number of halogens is 2. The molecule has 1 aliphatic heterocycles. The molecular weight excluding hydrogens is 408 g/mol. The van der Waals surface area contributed by atoms with Crippen LogP contribution in [-0.2, 0) is 9.84 Å². The molecule has 1 aliphatic rings. The molecule has 2 unspecified atom stereocenters. The zero-order valence-electron chi connectivity index (χ0n) is 11.1. The molecule has 2 atom stereocenters. The number of ether oxygens (including phenoxy) is 1. The third-order valence-electron chi connectivity index (χ3n) is 3.70. The molecule has 0 aliphatic carbocycles. The average molecular weight is 426 g/mol. The van der Waals surface area contributed by atoms with E-state index in [0.29, 0.717) is 24.0 Å². The molecule has 0 aromatic heterocycles. The second-order valence-corrected chi connectivity index (χ2v) is 8.96. The van der Waals surface area contributed by atoms with Gasteiger partial charge in [0.1, 0.15) is 5.75 Å². The quantitative estimate of drug-likeness (QED) is 0.653. The molecule has 0 bridgehead atoms. The van der Waals surface area contributed by atoms with E-state index in [9.17, 15) is 8.42 Å². The van der Waals surface area contributed by atoms with Crippen molar-refractivity contribution in [1.29, 1.82) is 0 Å². The molecule has 0 N–H and O–H groups in total. The molecule has 1 saturated heterocycles. The largest absolute Gasteiger partial charge is 0.494 e. The maximum Gasteiger partial charge on any atom is 0.150 e. The van der Waals surface area contributed by atoms with Crippen LogP contribution in [0.5, 0.6) is 5.75 Å². The van der Waals surface area contributed by atoms with Gasteiger partial charge in [-0.3, -0.25) is 0 Å². The maximum atomic E-state index is 11.5. The van der Waals surface area contributed by atoms with Gasteiger partial charge in [0.15, 0.2) is 9.84 Å². The van der Waals surface area contributed by atoms with Gasteiger partial charge in [-0.15, -0.1) is 0 Å². The lowest BCUT2D eigenvalue weighted by molar-refractivity contribution is 0.258. The summed E-state index contributed by atoms with van der Waals surface area (Å²) in [4.78, 5) is 0. The topological polar surface area (TPSA) is 43.4 Å². The van der Waals surface area contributed by atoms with E-state index in [0.717, 1.165) is 28.4 Å². The lowest BCUT2D eigenvalue weighted by Gasteiger charge is -2.20. The molecule has 0 amide bonds. The molecule has 2 rings (SSSR count). The fourth-order valence-electron chi connectivity index (χ4n) is 2.49. The highest BCUT2D eigenvalue weighted by atomic mass is 79.9. The van der Waals surface area contributed by atoms with Gasteiger partial charge in [-0.1, -0.05) is 31.9 Å². The lowest BCUT2D eigenvalue weighted by atomic mass is 9.91. The Hall–Kier alpha value is -0.0700. The number of sulfone groups is 1. The zero-order chi connectivity index (χ0) is 14.6. The van der Waals surface area contributed by atoms with Crippen LogP contribution in [0.25, 0.3) is 0 Å². The summed E-state index contributed by atoms with van der Waals surface area (Å²) in [6.07, 6.45) is 1.67. The van der Waals surface area contributed by atoms with E-state index >= 15 is 0 Å². The third-order valence-corrected chi connectivity index (χ3v) is 6.86. The minimum Gasteiger partial charge on any atom is -0.494 e. The minimum atomic E-state index is -2.80. The Bertz CT molecular complexity index is 528. The van der Waals surface area contributed by atoms with Crippen LogP contribution < -0.4 is 4.74 Å². The normalized spacial score (nSPS) is 22.6. The summed E-state index contributed by atoms with van der Waals surface area (Å²) in [6, 6.07) is 7.74. The van der Waals surface area contributed by atoms with Crippen molar-refractivity contribution in [2.24, 2.45) is 11.8 Å². The summed E-state index contributed by atoms with van der Waals surface area (Å²) in [6.45, 7) is 0.619. The van der Waals surface area contributed by atoms with E-state index < -0.39 is 9.84 Å². The van der Waals surface area contributed by atoms with Gasteiger partial charge < -0.3 is 4.74 Å². The Morgan fingerprint density at radius 1 is 1.30 bits per heavy atom.